The first kappa shape index (κ1) is 52.5. The summed E-state index contributed by atoms with van der Waals surface area (Å²) >= 11 is 0. The van der Waals surface area contributed by atoms with Gasteiger partial charge in [0.15, 0.2) is 0 Å². The molecule has 11 aromatic rings. The predicted octanol–water partition coefficient (Wildman–Crippen LogP) is 19.5. The summed E-state index contributed by atoms with van der Waals surface area (Å²) < 4.78 is 2.45. The lowest BCUT2D eigenvalue weighted by Crippen LogP contribution is -2.61. The number of hydrogen-bond donors (Lipinski definition) is 0. The quantitative estimate of drug-likeness (QED) is 0.154. The highest BCUT2D eigenvalue weighted by atomic mass is 15.2. The largest absolute Gasteiger partial charge is 0.311 e. The van der Waals surface area contributed by atoms with Gasteiger partial charge in [-0.05, 0) is 194 Å². The fraction of sp³-hybridized carbons (Fsp3) is 0.231. The average molecular weight is 1080 g/mol. The minimum atomic E-state index is -0.193. The first-order chi connectivity index (χ1) is 39.6. The van der Waals surface area contributed by atoms with Crippen LogP contribution in [0, 0.1) is 20.8 Å². The van der Waals surface area contributed by atoms with Crippen LogP contribution in [-0.4, -0.2) is 11.3 Å². The molecule has 10 aromatic carbocycles. The molecule has 0 atom stereocenters. The third-order valence-electron chi connectivity index (χ3n) is 18.6. The number of benzene rings is 10. The maximum atomic E-state index is 2.64. The molecule has 2 aliphatic heterocycles. The SMILES string of the molecule is Cc1cc2c3c(c1)N(c1ccc4c(c1)C(C)(C)c1ccccc1-4)c1cc(N(c4ccc5c6ccccc6n(-c6ccccc6)c5c4)c4c(C)cc(C(C)(C)C)cc4C)ccc1B3c1cc(C(C)(C)C)ccc1N2c1ccc(C(C)(C)C)cc1. The number of fused-ring (bicyclic) bond motifs is 10. The summed E-state index contributed by atoms with van der Waals surface area (Å²) in [6.45, 7) is 32.6. The Morgan fingerprint density at radius 2 is 0.976 bits per heavy atom. The molecule has 0 amide bonds. The lowest BCUT2D eigenvalue weighted by molar-refractivity contribution is 0.589. The third kappa shape index (κ3) is 8.23. The summed E-state index contributed by atoms with van der Waals surface area (Å²) in [4.78, 5) is 7.77. The summed E-state index contributed by atoms with van der Waals surface area (Å²) in [6, 6.07) is 77.2. The van der Waals surface area contributed by atoms with Gasteiger partial charge in [0.2, 0.25) is 0 Å². The number of nitrogens with zero attached hydrogens (tertiary/aromatic N) is 4. The minimum Gasteiger partial charge on any atom is -0.311 e. The van der Waals surface area contributed by atoms with E-state index in [4.69, 9.17) is 0 Å². The highest BCUT2D eigenvalue weighted by Gasteiger charge is 2.45. The molecule has 83 heavy (non-hydrogen) atoms. The predicted molar refractivity (Wildman–Crippen MR) is 357 cm³/mol. The summed E-state index contributed by atoms with van der Waals surface area (Å²) in [5.74, 6) is 0. The highest BCUT2D eigenvalue weighted by molar-refractivity contribution is 7.00. The van der Waals surface area contributed by atoms with Crippen molar-refractivity contribution in [3.8, 4) is 16.8 Å². The van der Waals surface area contributed by atoms with Gasteiger partial charge >= 0.3 is 0 Å². The summed E-state index contributed by atoms with van der Waals surface area (Å²) in [7, 11) is 0. The molecule has 0 N–H and O–H groups in total. The van der Waals surface area contributed by atoms with E-state index in [1.807, 2.05) is 0 Å². The summed E-state index contributed by atoms with van der Waals surface area (Å²) in [5.41, 5.74) is 30.9. The first-order valence-electron chi connectivity index (χ1n) is 29.9. The van der Waals surface area contributed by atoms with E-state index in [-0.39, 0.29) is 28.4 Å². The van der Waals surface area contributed by atoms with Gasteiger partial charge in [-0.25, -0.2) is 0 Å². The molecule has 14 rings (SSSR count). The normalized spacial score (nSPS) is 14.2. The van der Waals surface area contributed by atoms with Crippen molar-refractivity contribution in [2.24, 2.45) is 0 Å². The zero-order chi connectivity index (χ0) is 57.8. The Hall–Kier alpha value is -8.54. The monoisotopic (exact) mass is 1080 g/mol. The van der Waals surface area contributed by atoms with Gasteiger partial charge in [-0.2, -0.15) is 0 Å². The molecule has 1 aromatic heterocycles. The van der Waals surface area contributed by atoms with Gasteiger partial charge in [0.25, 0.3) is 6.71 Å². The molecular formula is C78H75BN4. The van der Waals surface area contributed by atoms with Gasteiger partial charge in [-0.3, -0.25) is 0 Å². The summed E-state index contributed by atoms with van der Waals surface area (Å²) in [5, 5.41) is 2.48. The van der Waals surface area contributed by atoms with E-state index in [0.29, 0.717) is 0 Å². The van der Waals surface area contributed by atoms with E-state index >= 15 is 0 Å². The Balaban J connectivity index is 1.06. The van der Waals surface area contributed by atoms with Gasteiger partial charge in [0.1, 0.15) is 0 Å². The van der Waals surface area contributed by atoms with Crippen LogP contribution in [0.1, 0.15) is 121 Å². The number of aromatic nitrogens is 1. The molecule has 0 bridgehead atoms. The van der Waals surface area contributed by atoms with Crippen molar-refractivity contribution in [3.05, 3.63) is 245 Å². The fourth-order valence-electron chi connectivity index (χ4n) is 14.3. The molecule has 0 saturated carbocycles. The second-order valence-electron chi connectivity index (χ2n) is 27.7. The van der Waals surface area contributed by atoms with Crippen molar-refractivity contribution in [1.82, 2.24) is 4.57 Å². The van der Waals surface area contributed by atoms with Crippen LogP contribution in [0.5, 0.6) is 0 Å². The van der Waals surface area contributed by atoms with E-state index in [2.05, 4.69) is 316 Å². The second-order valence-corrected chi connectivity index (χ2v) is 27.7. The Morgan fingerprint density at radius 3 is 1.67 bits per heavy atom. The molecule has 0 spiro atoms. The van der Waals surface area contributed by atoms with Crippen molar-refractivity contribution in [2.45, 2.75) is 119 Å². The van der Waals surface area contributed by atoms with Crippen molar-refractivity contribution in [3.63, 3.8) is 0 Å². The van der Waals surface area contributed by atoms with Gasteiger partial charge in [0, 0.05) is 67.4 Å². The van der Waals surface area contributed by atoms with Gasteiger partial charge < -0.3 is 19.3 Å². The molecule has 0 fully saturated rings. The Morgan fingerprint density at radius 1 is 0.398 bits per heavy atom. The Bertz CT molecular complexity index is 4440. The maximum Gasteiger partial charge on any atom is 0.252 e. The first-order valence-corrected chi connectivity index (χ1v) is 29.9. The molecule has 3 heterocycles. The van der Waals surface area contributed by atoms with Gasteiger partial charge in [-0.1, -0.05) is 191 Å². The second kappa shape index (κ2) is 18.5. The molecular weight excluding hydrogens is 1000 g/mol. The van der Waals surface area contributed by atoms with Crippen LogP contribution < -0.4 is 31.1 Å². The number of aryl methyl sites for hydroxylation is 3. The van der Waals surface area contributed by atoms with Crippen molar-refractivity contribution >= 4 is 96.1 Å². The molecule has 410 valence electrons. The van der Waals surface area contributed by atoms with Gasteiger partial charge in [-0.15, -0.1) is 0 Å². The highest BCUT2D eigenvalue weighted by Crippen LogP contribution is 2.53. The number of rotatable bonds is 6. The van der Waals surface area contributed by atoms with E-state index in [9.17, 15) is 0 Å². The van der Waals surface area contributed by atoms with Crippen LogP contribution in [0.3, 0.4) is 0 Å². The lowest BCUT2D eigenvalue weighted by atomic mass is 9.33. The zero-order valence-electron chi connectivity index (χ0n) is 50.9. The fourth-order valence-corrected chi connectivity index (χ4v) is 14.3. The minimum absolute atomic E-state index is 0.0223. The van der Waals surface area contributed by atoms with Crippen LogP contribution in [0.2, 0.25) is 0 Å². The standard InChI is InChI=1S/C78H75BN4/c1-48-40-71-73-72(41-48)83(56-33-36-60-59-24-18-20-26-63(59)78(13,14)64(60)45-56)70-47-58(35-38-65(70)79(73)66-44-52(76(7,8)9)30-39-68(66)82(71)55-31-28-51(29-32-55)75(4,5)6)80(74-49(2)42-53(43-50(74)3)77(10,11)12)57-34-37-62-61-25-19-21-27-67(61)81(69(62)46-57)54-22-16-15-17-23-54/h15-47H,1-14H3. The summed E-state index contributed by atoms with van der Waals surface area (Å²) in [6.07, 6.45) is 0. The Kier molecular flexibility index (Phi) is 11.7. The van der Waals surface area contributed by atoms with Crippen molar-refractivity contribution in [2.75, 3.05) is 14.7 Å². The lowest BCUT2D eigenvalue weighted by Gasteiger charge is -2.45. The van der Waals surface area contributed by atoms with E-state index in [0.717, 1.165) is 22.7 Å². The third-order valence-corrected chi connectivity index (χ3v) is 18.6. The number of para-hydroxylation sites is 2. The Labute approximate surface area is 492 Å². The number of hydrogen-bond acceptors (Lipinski definition) is 3. The van der Waals surface area contributed by atoms with Crippen molar-refractivity contribution < 1.29 is 0 Å². The maximum absolute atomic E-state index is 2.64. The molecule has 4 nitrogen and oxygen atoms in total. The van der Waals surface area contributed by atoms with Crippen LogP contribution in [0.25, 0.3) is 38.6 Å². The molecule has 1 aliphatic carbocycles. The average Bonchev–Trinajstić information content (AvgIpc) is 2.98. The zero-order valence-corrected chi connectivity index (χ0v) is 50.9. The van der Waals surface area contributed by atoms with Gasteiger partial charge in [0.05, 0.1) is 16.7 Å². The topological polar surface area (TPSA) is 14.7 Å². The molecule has 0 radical (unpaired) electrons. The van der Waals surface area contributed by atoms with Crippen LogP contribution in [-0.2, 0) is 21.7 Å². The van der Waals surface area contributed by atoms with E-state index in [1.165, 1.54) is 128 Å². The van der Waals surface area contributed by atoms with E-state index < -0.39 is 0 Å². The molecule has 0 saturated heterocycles. The van der Waals surface area contributed by atoms with Crippen molar-refractivity contribution in [1.29, 1.82) is 0 Å². The molecule has 5 heteroatoms. The number of anilines is 9. The van der Waals surface area contributed by atoms with E-state index in [1.54, 1.807) is 0 Å². The van der Waals surface area contributed by atoms with Crippen LogP contribution in [0.4, 0.5) is 51.2 Å². The van der Waals surface area contributed by atoms with Crippen LogP contribution >= 0.6 is 0 Å². The smallest absolute Gasteiger partial charge is 0.252 e. The van der Waals surface area contributed by atoms with Crippen LogP contribution in [0.15, 0.2) is 200 Å². The molecule has 0 unspecified atom stereocenters. The molecule has 3 aliphatic rings.